The van der Waals surface area contributed by atoms with E-state index in [0.29, 0.717) is 29.6 Å². The number of aliphatic hydroxyl groups excluding tert-OH is 2. The molecule has 0 heterocycles. The molecular weight excluding hydrogens is 484 g/mol. The van der Waals surface area contributed by atoms with Crippen LogP contribution in [0.15, 0.2) is 59.7 Å². The van der Waals surface area contributed by atoms with E-state index in [2.05, 4.69) is 6.58 Å². The predicted molar refractivity (Wildman–Crippen MR) is 142 cm³/mol. The number of hydrogen-bond donors (Lipinski definition) is 2. The van der Waals surface area contributed by atoms with Crippen molar-refractivity contribution in [3.63, 3.8) is 0 Å². The zero-order valence-electron chi connectivity index (χ0n) is 22.8. The molecule has 1 aromatic carbocycles. The van der Waals surface area contributed by atoms with Crippen molar-refractivity contribution in [3.8, 4) is 0 Å². The summed E-state index contributed by atoms with van der Waals surface area (Å²) in [7, 11) is 0. The van der Waals surface area contributed by atoms with Crippen LogP contribution in [0.5, 0.6) is 0 Å². The second kappa shape index (κ2) is 10.3. The van der Waals surface area contributed by atoms with Crippen molar-refractivity contribution in [1.29, 1.82) is 0 Å². The van der Waals surface area contributed by atoms with Crippen LogP contribution >= 0.6 is 0 Å². The maximum absolute atomic E-state index is 13.1. The van der Waals surface area contributed by atoms with Crippen molar-refractivity contribution >= 4 is 23.8 Å². The predicted octanol–water partition coefficient (Wildman–Crippen LogP) is 4.18. The molecule has 7 atom stereocenters. The summed E-state index contributed by atoms with van der Waals surface area (Å²) in [5, 5.41) is 23.7. The lowest BCUT2D eigenvalue weighted by Crippen LogP contribution is -2.62. The number of carbonyl (C=O) groups is 3. The van der Waals surface area contributed by atoms with Gasteiger partial charge in [-0.2, -0.15) is 0 Å². The number of carbonyl (C=O) groups excluding carboxylic acids is 3. The third-order valence-electron chi connectivity index (χ3n) is 9.08. The van der Waals surface area contributed by atoms with Crippen LogP contribution in [0.3, 0.4) is 0 Å². The molecule has 3 aliphatic rings. The van der Waals surface area contributed by atoms with Gasteiger partial charge in [0.1, 0.15) is 12.2 Å². The number of benzene rings is 1. The van der Waals surface area contributed by atoms with E-state index in [4.69, 9.17) is 9.47 Å². The van der Waals surface area contributed by atoms with Crippen LogP contribution in [0, 0.1) is 22.7 Å². The molecular formula is C31H38O7. The largest absolute Gasteiger partial charge is 0.455 e. The van der Waals surface area contributed by atoms with Crippen molar-refractivity contribution in [3.05, 3.63) is 65.3 Å². The quantitative estimate of drug-likeness (QED) is 0.347. The molecule has 7 heteroatoms. The first kappa shape index (κ1) is 28.0. The standard InChI is InChI=1S/C31H38O7/c1-17-22(33)16-21-27(35)25-18(2)23(38-24(34)13-12-20-10-8-7-9-11-20)14-15-31(25,6)29(36)28(37-19(3)32)26(17)30(21,4)5/h7-13,21,23,25,27-29,35-36H,2,14-16H2,1,3-6H3/b13-12+/t21-,23+,25+,27-,28-,29+,31-/m1/s1. The first-order chi connectivity index (χ1) is 17.8. The van der Waals surface area contributed by atoms with Gasteiger partial charge < -0.3 is 19.7 Å². The van der Waals surface area contributed by atoms with Crippen molar-refractivity contribution in [1.82, 2.24) is 0 Å². The van der Waals surface area contributed by atoms with Gasteiger partial charge in [-0.25, -0.2) is 4.79 Å². The SMILES string of the molecule is C=C1[C@@H](OC(=O)/C=C/c2ccccc2)CC[C@@]2(C)[C@@H](O)[C@H](OC(C)=O)C3=C(C)C(=O)C[C@H]([C@@H](O)[C@H]12)C3(C)C. The van der Waals surface area contributed by atoms with Gasteiger partial charge in [0.2, 0.25) is 0 Å². The van der Waals surface area contributed by atoms with Crippen LogP contribution in [0.4, 0.5) is 0 Å². The van der Waals surface area contributed by atoms with E-state index in [1.165, 1.54) is 13.0 Å². The molecule has 0 radical (unpaired) electrons. The van der Waals surface area contributed by atoms with Gasteiger partial charge in [0.25, 0.3) is 0 Å². The number of esters is 2. The van der Waals surface area contributed by atoms with Crippen LogP contribution in [-0.2, 0) is 23.9 Å². The number of allylic oxidation sites excluding steroid dienone is 1. The third-order valence-corrected chi connectivity index (χ3v) is 9.08. The Hall–Kier alpha value is -3.03. The molecule has 2 N–H and O–H groups in total. The minimum Gasteiger partial charge on any atom is -0.455 e. The van der Waals surface area contributed by atoms with E-state index in [9.17, 15) is 24.6 Å². The van der Waals surface area contributed by atoms with Crippen molar-refractivity contribution < 1.29 is 34.1 Å². The molecule has 204 valence electrons. The Balaban J connectivity index is 1.70. The average Bonchev–Trinajstić information content (AvgIpc) is 2.85. The van der Waals surface area contributed by atoms with Gasteiger partial charge in [0.15, 0.2) is 11.9 Å². The lowest BCUT2D eigenvalue weighted by molar-refractivity contribution is -0.179. The molecule has 0 aromatic heterocycles. The van der Waals surface area contributed by atoms with Gasteiger partial charge in [-0.1, -0.05) is 57.7 Å². The molecule has 0 spiro atoms. The van der Waals surface area contributed by atoms with Gasteiger partial charge in [-0.05, 0) is 53.5 Å². The minimum atomic E-state index is -1.21. The molecule has 2 fully saturated rings. The fraction of sp³-hybridized carbons (Fsp3) is 0.516. The van der Waals surface area contributed by atoms with Gasteiger partial charge in [-0.15, -0.1) is 0 Å². The highest BCUT2D eigenvalue weighted by atomic mass is 16.6. The Kier molecular flexibility index (Phi) is 7.56. The second-order valence-corrected chi connectivity index (χ2v) is 11.7. The van der Waals surface area contributed by atoms with Gasteiger partial charge >= 0.3 is 11.9 Å². The molecule has 38 heavy (non-hydrogen) atoms. The normalized spacial score (nSPS) is 34.8. The summed E-state index contributed by atoms with van der Waals surface area (Å²) < 4.78 is 11.5. The van der Waals surface area contributed by atoms with Gasteiger partial charge in [0, 0.05) is 36.7 Å². The molecule has 4 rings (SSSR count). The molecule has 3 aliphatic carbocycles. The highest BCUT2D eigenvalue weighted by molar-refractivity contribution is 5.97. The first-order valence-electron chi connectivity index (χ1n) is 13.2. The van der Waals surface area contributed by atoms with E-state index in [0.717, 1.165) is 5.56 Å². The minimum absolute atomic E-state index is 0.122. The van der Waals surface area contributed by atoms with Crippen LogP contribution in [0.25, 0.3) is 6.08 Å². The second-order valence-electron chi connectivity index (χ2n) is 11.7. The molecule has 2 bridgehead atoms. The molecule has 2 saturated carbocycles. The smallest absolute Gasteiger partial charge is 0.331 e. The lowest BCUT2D eigenvalue weighted by atomic mass is 9.49. The van der Waals surface area contributed by atoms with E-state index in [1.807, 2.05) is 51.1 Å². The summed E-state index contributed by atoms with van der Waals surface area (Å²) in [6, 6.07) is 9.38. The van der Waals surface area contributed by atoms with Crippen LogP contribution < -0.4 is 0 Å². The molecule has 1 aromatic rings. The summed E-state index contributed by atoms with van der Waals surface area (Å²) in [5.41, 5.74) is 0.689. The molecule has 0 aliphatic heterocycles. The number of hydrogen-bond acceptors (Lipinski definition) is 7. The monoisotopic (exact) mass is 522 g/mol. The van der Waals surface area contributed by atoms with Crippen molar-refractivity contribution in [2.75, 3.05) is 0 Å². The summed E-state index contributed by atoms with van der Waals surface area (Å²) in [5.74, 6) is -2.44. The Morgan fingerprint density at radius 2 is 1.76 bits per heavy atom. The van der Waals surface area contributed by atoms with Gasteiger partial charge in [-0.3, -0.25) is 9.59 Å². The van der Waals surface area contributed by atoms with E-state index >= 15 is 0 Å². The zero-order chi connectivity index (χ0) is 28.0. The van der Waals surface area contributed by atoms with E-state index in [-0.39, 0.29) is 12.2 Å². The highest BCUT2D eigenvalue weighted by Gasteiger charge is 2.61. The summed E-state index contributed by atoms with van der Waals surface area (Å²) >= 11 is 0. The Labute approximate surface area is 224 Å². The number of rotatable bonds is 4. The number of ether oxygens (including phenoxy) is 2. The summed E-state index contributed by atoms with van der Waals surface area (Å²) in [4.78, 5) is 37.9. The van der Waals surface area contributed by atoms with Crippen LogP contribution in [0.2, 0.25) is 0 Å². The topological polar surface area (TPSA) is 110 Å². The molecule has 0 saturated heterocycles. The third kappa shape index (κ3) is 4.78. The molecule has 0 amide bonds. The average molecular weight is 523 g/mol. The number of aliphatic hydroxyl groups is 2. The maximum Gasteiger partial charge on any atom is 0.331 e. The molecule has 7 nitrogen and oxygen atoms in total. The summed E-state index contributed by atoms with van der Waals surface area (Å²) in [6.07, 6.45) is -0.0437. The number of Topliss-reactive ketones (excluding diaryl/α,β-unsaturated/α-hetero) is 1. The van der Waals surface area contributed by atoms with Crippen LogP contribution in [-0.4, -0.2) is 52.4 Å². The van der Waals surface area contributed by atoms with E-state index in [1.54, 1.807) is 13.0 Å². The van der Waals surface area contributed by atoms with Crippen molar-refractivity contribution in [2.24, 2.45) is 22.7 Å². The highest BCUT2D eigenvalue weighted by Crippen LogP contribution is 2.59. The van der Waals surface area contributed by atoms with Gasteiger partial charge in [0.05, 0.1) is 6.10 Å². The fourth-order valence-electron chi connectivity index (χ4n) is 7.00. The van der Waals surface area contributed by atoms with Crippen molar-refractivity contribution in [2.45, 2.75) is 78.3 Å². The van der Waals surface area contributed by atoms with E-state index < -0.39 is 59.0 Å². The lowest BCUT2D eigenvalue weighted by Gasteiger charge is -2.58. The maximum atomic E-state index is 13.1. The first-order valence-corrected chi connectivity index (χ1v) is 13.2. The Bertz CT molecular complexity index is 1190. The summed E-state index contributed by atoms with van der Waals surface area (Å²) in [6.45, 7) is 12.9. The van der Waals surface area contributed by atoms with Crippen LogP contribution in [0.1, 0.15) is 59.4 Å². The zero-order valence-corrected chi connectivity index (χ0v) is 22.8. The number of fused-ring (bicyclic) bond motifs is 3. The molecule has 0 unspecified atom stereocenters. The number of ketones is 1. The fourth-order valence-corrected chi connectivity index (χ4v) is 7.00. The Morgan fingerprint density at radius 3 is 2.39 bits per heavy atom. The Morgan fingerprint density at radius 1 is 1.11 bits per heavy atom.